The number of hydrogen-bond donors (Lipinski definition) is 0. The second kappa shape index (κ2) is 12.7. The summed E-state index contributed by atoms with van der Waals surface area (Å²) in [5.41, 5.74) is 0. The van der Waals surface area contributed by atoms with Crippen LogP contribution >= 0.6 is 7.37 Å². The molecule has 0 bridgehead atoms. The normalized spacial score (nSPS) is 14.0. The molecule has 0 saturated heterocycles. The Kier molecular flexibility index (Phi) is 11.3. The first-order chi connectivity index (χ1) is 11.7. The first kappa shape index (κ1) is 21.4. The van der Waals surface area contributed by atoms with Gasteiger partial charge < -0.3 is 14.0 Å². The molecule has 4 nitrogen and oxygen atoms in total. The Labute approximate surface area is 147 Å². The maximum Gasteiger partial charge on any atom is 0.286 e. The lowest BCUT2D eigenvalue weighted by Gasteiger charge is -2.28. The molecular formula is C19H33O4P. The summed E-state index contributed by atoms with van der Waals surface area (Å²) in [6.45, 7) is 7.80. The lowest BCUT2D eigenvalue weighted by molar-refractivity contribution is -0.0967. The zero-order valence-corrected chi connectivity index (χ0v) is 16.3. The first-order valence-corrected chi connectivity index (χ1v) is 10.9. The molecule has 0 amide bonds. The highest BCUT2D eigenvalue weighted by Gasteiger charge is 2.38. The third-order valence-electron chi connectivity index (χ3n) is 3.69. The van der Waals surface area contributed by atoms with Crippen molar-refractivity contribution in [1.29, 1.82) is 0 Å². The zero-order chi connectivity index (χ0) is 17.7. The molecule has 1 aromatic carbocycles. The van der Waals surface area contributed by atoms with Gasteiger partial charge in [0.1, 0.15) is 0 Å². The number of hydrogen-bond acceptors (Lipinski definition) is 4. The van der Waals surface area contributed by atoms with E-state index in [0.29, 0.717) is 25.1 Å². The van der Waals surface area contributed by atoms with Crippen LogP contribution in [0.4, 0.5) is 0 Å². The van der Waals surface area contributed by atoms with Gasteiger partial charge in [-0.1, -0.05) is 58.2 Å². The summed E-state index contributed by atoms with van der Waals surface area (Å²) in [4.78, 5) is 0. The highest BCUT2D eigenvalue weighted by molar-refractivity contribution is 7.67. The molecular weight excluding hydrogens is 323 g/mol. The molecule has 5 heteroatoms. The summed E-state index contributed by atoms with van der Waals surface area (Å²) in [7, 11) is -3.24. The summed E-state index contributed by atoms with van der Waals surface area (Å²) in [5, 5.41) is 0.666. The fraction of sp³-hybridized carbons (Fsp3) is 0.684. The van der Waals surface area contributed by atoms with Crippen LogP contribution in [0, 0.1) is 0 Å². The lowest BCUT2D eigenvalue weighted by Crippen LogP contribution is -2.26. The Morgan fingerprint density at radius 1 is 0.833 bits per heavy atom. The SMILES string of the molecule is CCCCOC(OCCCC)[P@](=O)(OCCCC)c1ccccc1. The van der Waals surface area contributed by atoms with Crippen molar-refractivity contribution in [2.45, 2.75) is 65.3 Å². The van der Waals surface area contributed by atoms with E-state index in [0.717, 1.165) is 38.5 Å². The van der Waals surface area contributed by atoms with E-state index in [1.54, 1.807) is 0 Å². The van der Waals surface area contributed by atoms with Gasteiger partial charge in [0.2, 0.25) is 6.03 Å². The highest BCUT2D eigenvalue weighted by atomic mass is 31.2. The van der Waals surface area contributed by atoms with Gasteiger partial charge in [0, 0.05) is 5.30 Å². The van der Waals surface area contributed by atoms with Crippen LogP contribution in [0.25, 0.3) is 0 Å². The second-order valence-corrected chi connectivity index (χ2v) is 8.27. The van der Waals surface area contributed by atoms with E-state index >= 15 is 0 Å². The Hall–Kier alpha value is -0.670. The predicted molar refractivity (Wildman–Crippen MR) is 100 cm³/mol. The molecule has 0 aliphatic heterocycles. The molecule has 1 rings (SSSR count). The van der Waals surface area contributed by atoms with E-state index in [2.05, 4.69) is 20.8 Å². The Bertz CT molecular complexity index is 454. The van der Waals surface area contributed by atoms with Gasteiger partial charge in [-0.25, -0.2) is 0 Å². The summed E-state index contributed by atoms with van der Waals surface area (Å²) in [5.74, 6) is 0. The fourth-order valence-corrected chi connectivity index (χ4v) is 4.24. The summed E-state index contributed by atoms with van der Waals surface area (Å²) in [6, 6.07) is 8.51. The molecule has 24 heavy (non-hydrogen) atoms. The number of ether oxygens (including phenoxy) is 2. The summed E-state index contributed by atoms with van der Waals surface area (Å²) in [6.07, 6.45) is 5.73. The minimum Gasteiger partial charge on any atom is -0.344 e. The molecule has 1 atom stereocenters. The van der Waals surface area contributed by atoms with Gasteiger partial charge in [-0.15, -0.1) is 0 Å². The third-order valence-corrected chi connectivity index (χ3v) is 6.13. The minimum atomic E-state index is -3.24. The zero-order valence-electron chi connectivity index (χ0n) is 15.4. The highest BCUT2D eigenvalue weighted by Crippen LogP contribution is 2.52. The number of benzene rings is 1. The average Bonchev–Trinajstić information content (AvgIpc) is 2.61. The van der Waals surface area contributed by atoms with E-state index in [4.69, 9.17) is 14.0 Å². The van der Waals surface area contributed by atoms with E-state index in [1.807, 2.05) is 30.3 Å². The second-order valence-electron chi connectivity index (χ2n) is 5.88. The molecule has 0 aliphatic rings. The third kappa shape index (κ3) is 7.06. The maximum absolute atomic E-state index is 13.7. The monoisotopic (exact) mass is 356 g/mol. The van der Waals surface area contributed by atoms with Crippen molar-refractivity contribution < 1.29 is 18.6 Å². The standard InChI is InChI=1S/C19H33O4P/c1-4-7-15-21-19(22-16-8-5-2)24(20,23-17-9-6-3)18-13-11-10-12-14-18/h10-14,19H,4-9,15-17H2,1-3H3/t24-/m1/s1. The van der Waals surface area contributed by atoms with Crippen LogP contribution < -0.4 is 5.30 Å². The van der Waals surface area contributed by atoms with Crippen molar-refractivity contribution >= 4 is 12.7 Å². The lowest BCUT2D eigenvalue weighted by atomic mass is 10.4. The molecule has 0 aromatic heterocycles. The van der Waals surface area contributed by atoms with Crippen molar-refractivity contribution in [1.82, 2.24) is 0 Å². The van der Waals surface area contributed by atoms with Crippen LogP contribution in [-0.4, -0.2) is 25.9 Å². The van der Waals surface area contributed by atoms with Gasteiger partial charge in [-0.2, -0.15) is 0 Å². The molecule has 0 heterocycles. The van der Waals surface area contributed by atoms with Crippen molar-refractivity contribution in [3.63, 3.8) is 0 Å². The largest absolute Gasteiger partial charge is 0.344 e. The molecule has 138 valence electrons. The van der Waals surface area contributed by atoms with Gasteiger partial charge in [0.15, 0.2) is 0 Å². The molecule has 0 saturated carbocycles. The number of unbranched alkanes of at least 4 members (excludes halogenated alkanes) is 3. The van der Waals surface area contributed by atoms with Gasteiger partial charge in [0.05, 0.1) is 19.8 Å². The van der Waals surface area contributed by atoms with E-state index in [1.165, 1.54) is 0 Å². The first-order valence-electron chi connectivity index (χ1n) is 9.22. The van der Waals surface area contributed by atoms with Crippen LogP contribution in [-0.2, 0) is 18.6 Å². The maximum atomic E-state index is 13.7. The van der Waals surface area contributed by atoms with Crippen LogP contribution in [0.1, 0.15) is 59.3 Å². The van der Waals surface area contributed by atoms with Crippen LogP contribution in [0.3, 0.4) is 0 Å². The topological polar surface area (TPSA) is 44.8 Å². The van der Waals surface area contributed by atoms with E-state index in [9.17, 15) is 4.57 Å². The van der Waals surface area contributed by atoms with E-state index < -0.39 is 13.4 Å². The van der Waals surface area contributed by atoms with Gasteiger partial charge in [-0.05, 0) is 31.4 Å². The Morgan fingerprint density at radius 2 is 1.33 bits per heavy atom. The van der Waals surface area contributed by atoms with Crippen LogP contribution in [0.15, 0.2) is 30.3 Å². The van der Waals surface area contributed by atoms with Crippen molar-refractivity contribution in [3.8, 4) is 0 Å². The minimum absolute atomic E-state index is 0.452. The predicted octanol–water partition coefficient (Wildman–Crippen LogP) is 5.32. The summed E-state index contributed by atoms with van der Waals surface area (Å²) >= 11 is 0. The quantitative estimate of drug-likeness (QED) is 0.257. The molecule has 0 fully saturated rings. The molecule has 0 aliphatic carbocycles. The van der Waals surface area contributed by atoms with Gasteiger partial charge in [-0.3, -0.25) is 4.57 Å². The Morgan fingerprint density at radius 3 is 1.83 bits per heavy atom. The van der Waals surface area contributed by atoms with Gasteiger partial charge >= 0.3 is 0 Å². The molecule has 0 spiro atoms. The smallest absolute Gasteiger partial charge is 0.286 e. The van der Waals surface area contributed by atoms with Crippen molar-refractivity contribution in [2.75, 3.05) is 19.8 Å². The molecule has 0 N–H and O–H groups in total. The Balaban J connectivity index is 2.96. The van der Waals surface area contributed by atoms with Crippen molar-refractivity contribution in [2.24, 2.45) is 0 Å². The molecule has 1 aromatic rings. The van der Waals surface area contributed by atoms with Gasteiger partial charge in [0.25, 0.3) is 7.37 Å². The molecule has 0 radical (unpaired) electrons. The van der Waals surface area contributed by atoms with Crippen LogP contribution in [0.2, 0.25) is 0 Å². The summed E-state index contributed by atoms with van der Waals surface area (Å²) < 4.78 is 31.3. The van der Waals surface area contributed by atoms with E-state index in [-0.39, 0.29) is 0 Å². The van der Waals surface area contributed by atoms with Crippen molar-refractivity contribution in [3.05, 3.63) is 30.3 Å². The average molecular weight is 356 g/mol. The van der Waals surface area contributed by atoms with Crippen LogP contribution in [0.5, 0.6) is 0 Å². The number of rotatable bonds is 14. The molecule has 0 unspecified atom stereocenters. The fourth-order valence-electron chi connectivity index (χ4n) is 2.14.